The van der Waals surface area contributed by atoms with Gasteiger partial charge >= 0.3 is 0 Å². The number of ether oxygens (including phenoxy) is 2. The summed E-state index contributed by atoms with van der Waals surface area (Å²) in [6.07, 6.45) is 21.0. The molecule has 0 aromatic heterocycles. The summed E-state index contributed by atoms with van der Waals surface area (Å²) in [5.74, 6) is -0.163. The highest BCUT2D eigenvalue weighted by atomic mass is 16.7. The Morgan fingerprint density at radius 3 is 1.80 bits per heavy atom. The van der Waals surface area contributed by atoms with E-state index in [-0.39, 0.29) is 12.5 Å². The fraction of sp³-hybridized carbons (Fsp3) is 0.917. The van der Waals surface area contributed by atoms with Crippen LogP contribution in [0, 0.1) is 0 Å². The van der Waals surface area contributed by atoms with Gasteiger partial charge in [0.15, 0.2) is 6.29 Å². The molecule has 0 bridgehead atoms. The molecule has 0 aromatic carbocycles. The highest BCUT2D eigenvalue weighted by Crippen LogP contribution is 2.22. The van der Waals surface area contributed by atoms with Crippen LogP contribution in [-0.4, -0.2) is 87.5 Å². The first kappa shape index (κ1) is 42.0. The molecule has 0 aliphatic carbocycles. The minimum Gasteiger partial charge on any atom is -0.394 e. The summed E-state index contributed by atoms with van der Waals surface area (Å²) in [4.78, 5) is 12.7. The lowest BCUT2D eigenvalue weighted by molar-refractivity contribution is -0.302. The van der Waals surface area contributed by atoms with Gasteiger partial charge in [-0.1, -0.05) is 122 Å². The number of aliphatic hydroxyl groups excluding tert-OH is 5. The Kier molecular flexibility index (Phi) is 26.1. The maximum absolute atomic E-state index is 12.7. The lowest BCUT2D eigenvalue weighted by Crippen LogP contribution is -2.60. The summed E-state index contributed by atoms with van der Waals surface area (Å²) in [5.41, 5.74) is 0. The molecule has 266 valence electrons. The maximum atomic E-state index is 12.7. The smallest absolute Gasteiger partial charge is 0.220 e. The van der Waals surface area contributed by atoms with E-state index in [0.29, 0.717) is 12.8 Å². The number of allylic oxidation sites excluding steroid dienone is 2. The van der Waals surface area contributed by atoms with E-state index < -0.39 is 49.5 Å². The number of carbonyl (C=O) groups is 1. The average Bonchev–Trinajstić information content (AvgIpc) is 3.03. The van der Waals surface area contributed by atoms with Crippen molar-refractivity contribution in [1.82, 2.24) is 5.32 Å². The van der Waals surface area contributed by atoms with Gasteiger partial charge in [-0.2, -0.15) is 0 Å². The zero-order chi connectivity index (χ0) is 33.1. The lowest BCUT2D eigenvalue weighted by Gasteiger charge is -2.40. The second kappa shape index (κ2) is 28.0. The third-order valence-electron chi connectivity index (χ3n) is 8.87. The second-order valence-electron chi connectivity index (χ2n) is 13.0. The highest BCUT2D eigenvalue weighted by Gasteiger charge is 2.44. The van der Waals surface area contributed by atoms with Crippen LogP contribution in [0.25, 0.3) is 0 Å². The van der Waals surface area contributed by atoms with Gasteiger partial charge in [0.05, 0.1) is 25.4 Å². The van der Waals surface area contributed by atoms with E-state index in [0.717, 1.165) is 44.9 Å². The van der Waals surface area contributed by atoms with Crippen LogP contribution in [0.3, 0.4) is 0 Å². The molecular weight excluding hydrogens is 574 g/mol. The molecule has 1 fully saturated rings. The predicted molar refractivity (Wildman–Crippen MR) is 180 cm³/mol. The molecule has 1 aliphatic heterocycles. The van der Waals surface area contributed by atoms with Crippen molar-refractivity contribution >= 4 is 5.91 Å². The van der Waals surface area contributed by atoms with Crippen molar-refractivity contribution in [3.05, 3.63) is 12.2 Å². The average molecular weight is 644 g/mol. The maximum Gasteiger partial charge on any atom is 0.220 e. The standard InChI is InChI=1S/C36H69NO8/c1-3-5-7-9-11-12-13-14-15-16-17-18-20-21-23-25-30(39)29(37-32(40)26-24-22-19-10-8-6-4-2)28-44-36-35(43)34(42)33(41)31(27-38)45-36/h17-18,29-31,33-36,38-39,41-43H,3-16,19-28H2,1-2H3,(H,37,40)/b18-17+/t29-,30+,31+,33+,34?,35?,36+/m0/s1. The topological polar surface area (TPSA) is 149 Å². The Labute approximate surface area is 274 Å². The lowest BCUT2D eigenvalue weighted by atomic mass is 9.99. The number of hydrogen-bond acceptors (Lipinski definition) is 8. The van der Waals surface area contributed by atoms with Gasteiger partial charge in [0.1, 0.15) is 24.4 Å². The van der Waals surface area contributed by atoms with E-state index in [1.807, 2.05) is 0 Å². The Morgan fingerprint density at radius 1 is 0.733 bits per heavy atom. The molecule has 1 aliphatic rings. The van der Waals surface area contributed by atoms with E-state index in [1.165, 1.54) is 83.5 Å². The Morgan fingerprint density at radius 2 is 1.24 bits per heavy atom. The van der Waals surface area contributed by atoms with E-state index in [9.17, 15) is 30.3 Å². The van der Waals surface area contributed by atoms with Crippen molar-refractivity contribution < 1.29 is 39.8 Å². The summed E-state index contributed by atoms with van der Waals surface area (Å²) in [5, 5.41) is 53.8. The Balaban J connectivity index is 2.43. The molecule has 9 heteroatoms. The summed E-state index contributed by atoms with van der Waals surface area (Å²) in [7, 11) is 0. The minimum absolute atomic E-state index is 0.148. The molecule has 0 saturated carbocycles. The molecule has 6 N–H and O–H groups in total. The molecule has 45 heavy (non-hydrogen) atoms. The fourth-order valence-electron chi connectivity index (χ4n) is 5.80. The van der Waals surface area contributed by atoms with Crippen molar-refractivity contribution in [1.29, 1.82) is 0 Å². The SMILES string of the molecule is CCCCCCCCCCC/C=C/CCCC[C@@H](O)[C@H](CO[C@@H]1O[C@H](CO)[C@@H](O)C(O)C1O)NC(=O)CCCCCCCCC. The number of hydrogen-bond donors (Lipinski definition) is 6. The van der Waals surface area contributed by atoms with Gasteiger partial charge in [0, 0.05) is 6.42 Å². The molecule has 7 atom stereocenters. The molecule has 1 heterocycles. The quantitative estimate of drug-likeness (QED) is 0.0441. The van der Waals surface area contributed by atoms with Crippen LogP contribution in [0.5, 0.6) is 0 Å². The summed E-state index contributed by atoms with van der Waals surface area (Å²) >= 11 is 0. The van der Waals surface area contributed by atoms with E-state index in [2.05, 4.69) is 31.3 Å². The molecule has 1 saturated heterocycles. The molecule has 9 nitrogen and oxygen atoms in total. The van der Waals surface area contributed by atoms with Crippen LogP contribution in [0.4, 0.5) is 0 Å². The highest BCUT2D eigenvalue weighted by molar-refractivity contribution is 5.76. The molecular formula is C36H69NO8. The van der Waals surface area contributed by atoms with Crippen LogP contribution in [0.2, 0.25) is 0 Å². The monoisotopic (exact) mass is 644 g/mol. The summed E-state index contributed by atoms with van der Waals surface area (Å²) in [6, 6.07) is -0.725. The first-order chi connectivity index (χ1) is 21.8. The van der Waals surface area contributed by atoms with E-state index >= 15 is 0 Å². The van der Waals surface area contributed by atoms with Crippen LogP contribution in [-0.2, 0) is 14.3 Å². The van der Waals surface area contributed by atoms with Gasteiger partial charge in [-0.3, -0.25) is 4.79 Å². The van der Waals surface area contributed by atoms with E-state index in [4.69, 9.17) is 9.47 Å². The molecule has 1 rings (SSSR count). The Bertz CT molecular complexity index is 721. The van der Waals surface area contributed by atoms with Crippen LogP contribution in [0.15, 0.2) is 12.2 Å². The summed E-state index contributed by atoms with van der Waals surface area (Å²) in [6.45, 7) is 3.74. The summed E-state index contributed by atoms with van der Waals surface area (Å²) < 4.78 is 11.1. The van der Waals surface area contributed by atoms with Crippen molar-refractivity contribution in [3.8, 4) is 0 Å². The third kappa shape index (κ3) is 20.0. The zero-order valence-corrected chi connectivity index (χ0v) is 28.6. The largest absolute Gasteiger partial charge is 0.394 e. The zero-order valence-electron chi connectivity index (χ0n) is 28.6. The molecule has 0 spiro atoms. The number of carbonyl (C=O) groups excluding carboxylic acids is 1. The first-order valence-electron chi connectivity index (χ1n) is 18.4. The van der Waals surface area contributed by atoms with Crippen LogP contribution in [0.1, 0.15) is 155 Å². The van der Waals surface area contributed by atoms with Crippen molar-refractivity contribution in [2.24, 2.45) is 0 Å². The minimum atomic E-state index is -1.55. The number of aliphatic hydroxyl groups is 5. The predicted octanol–water partition coefficient (Wildman–Crippen LogP) is 5.83. The van der Waals surface area contributed by atoms with Gasteiger partial charge < -0.3 is 40.3 Å². The third-order valence-corrected chi connectivity index (χ3v) is 8.87. The van der Waals surface area contributed by atoms with Crippen molar-refractivity contribution in [2.75, 3.05) is 13.2 Å². The number of rotatable bonds is 29. The van der Waals surface area contributed by atoms with Gasteiger partial charge in [-0.15, -0.1) is 0 Å². The fourth-order valence-corrected chi connectivity index (χ4v) is 5.80. The van der Waals surface area contributed by atoms with Crippen molar-refractivity contribution in [3.63, 3.8) is 0 Å². The number of unbranched alkanes of at least 4 members (excludes halogenated alkanes) is 17. The van der Waals surface area contributed by atoms with Crippen LogP contribution < -0.4 is 5.32 Å². The normalized spacial score (nSPS) is 23.4. The van der Waals surface area contributed by atoms with Gasteiger partial charge in [0.2, 0.25) is 5.91 Å². The van der Waals surface area contributed by atoms with Crippen molar-refractivity contribution in [2.45, 2.75) is 198 Å². The van der Waals surface area contributed by atoms with Gasteiger partial charge in [0.25, 0.3) is 0 Å². The first-order valence-corrected chi connectivity index (χ1v) is 18.4. The molecule has 0 radical (unpaired) electrons. The van der Waals surface area contributed by atoms with Crippen LogP contribution >= 0.6 is 0 Å². The number of amides is 1. The molecule has 1 amide bonds. The second-order valence-corrected chi connectivity index (χ2v) is 13.0. The molecule has 0 aromatic rings. The van der Waals surface area contributed by atoms with E-state index in [1.54, 1.807) is 0 Å². The number of nitrogens with one attached hydrogen (secondary N) is 1. The van der Waals surface area contributed by atoms with Gasteiger partial charge in [-0.05, 0) is 38.5 Å². The Hall–Kier alpha value is -1.07. The molecule has 2 unspecified atom stereocenters. The van der Waals surface area contributed by atoms with Gasteiger partial charge in [-0.25, -0.2) is 0 Å².